The molecule has 3 N–H and O–H groups in total. The first-order valence-corrected chi connectivity index (χ1v) is 8.16. The normalized spacial score (nSPS) is 15.5. The lowest BCUT2D eigenvalue weighted by Gasteiger charge is -2.23. The van der Waals surface area contributed by atoms with Gasteiger partial charge in [0, 0.05) is 6.04 Å². The molecule has 0 aliphatic rings. The van der Waals surface area contributed by atoms with Gasteiger partial charge in [-0.2, -0.15) is 0 Å². The van der Waals surface area contributed by atoms with Crippen molar-refractivity contribution < 1.29 is 9.84 Å². The molecule has 3 heteroatoms. The molecule has 120 valence electrons. The largest absolute Gasteiger partial charge is 0.494 e. The molecular formula is C18H31NO2. The van der Waals surface area contributed by atoms with E-state index < -0.39 is 6.10 Å². The van der Waals surface area contributed by atoms with Gasteiger partial charge in [-0.25, -0.2) is 0 Å². The number of benzene rings is 1. The van der Waals surface area contributed by atoms with Gasteiger partial charge >= 0.3 is 0 Å². The van der Waals surface area contributed by atoms with E-state index in [0.717, 1.165) is 31.6 Å². The average Bonchev–Trinajstić information content (AvgIpc) is 2.45. The number of aliphatic hydroxyl groups is 1. The molecule has 21 heavy (non-hydrogen) atoms. The Balaban J connectivity index is 2.67. The van der Waals surface area contributed by atoms with E-state index in [1.807, 2.05) is 6.07 Å². The zero-order chi connectivity index (χ0) is 15.8. The number of ether oxygens (including phenoxy) is 1. The third-order valence-corrected chi connectivity index (χ3v) is 3.96. The molecule has 1 aromatic carbocycles. The van der Waals surface area contributed by atoms with E-state index in [2.05, 4.69) is 39.8 Å². The first-order chi connectivity index (χ1) is 9.99. The van der Waals surface area contributed by atoms with Crippen LogP contribution in [0.3, 0.4) is 0 Å². The van der Waals surface area contributed by atoms with Crippen LogP contribution in [0.5, 0.6) is 5.75 Å². The van der Waals surface area contributed by atoms with Gasteiger partial charge in [-0.3, -0.25) is 0 Å². The maximum Gasteiger partial charge on any atom is 0.119 e. The Morgan fingerprint density at radius 1 is 1.24 bits per heavy atom. The van der Waals surface area contributed by atoms with Gasteiger partial charge in [0.25, 0.3) is 0 Å². The molecule has 0 spiro atoms. The van der Waals surface area contributed by atoms with Gasteiger partial charge in [0.2, 0.25) is 0 Å². The second kappa shape index (κ2) is 9.06. The second-order valence-electron chi connectivity index (χ2n) is 6.02. The van der Waals surface area contributed by atoms with Crippen molar-refractivity contribution in [1.29, 1.82) is 0 Å². The summed E-state index contributed by atoms with van der Waals surface area (Å²) in [5.41, 5.74) is 8.48. The van der Waals surface area contributed by atoms with Gasteiger partial charge < -0.3 is 15.6 Å². The van der Waals surface area contributed by atoms with Crippen molar-refractivity contribution in [3.05, 3.63) is 29.3 Å². The standard InChI is InChI=1S/C18H31NO2/c1-5-7-17(19)18(20)12-14(4)16-9-8-15(11-13(16)3)21-10-6-2/h8-9,11,14,17-18,20H,5-7,10,12,19H2,1-4H3. The van der Waals surface area contributed by atoms with Crippen molar-refractivity contribution in [3.63, 3.8) is 0 Å². The van der Waals surface area contributed by atoms with Crippen molar-refractivity contribution in [1.82, 2.24) is 0 Å². The first-order valence-electron chi connectivity index (χ1n) is 8.16. The van der Waals surface area contributed by atoms with E-state index in [1.165, 1.54) is 11.1 Å². The molecule has 0 aromatic heterocycles. The molecule has 3 unspecified atom stereocenters. The molecule has 1 rings (SSSR count). The molecule has 0 saturated heterocycles. The Morgan fingerprint density at radius 2 is 1.95 bits per heavy atom. The molecule has 0 fully saturated rings. The van der Waals surface area contributed by atoms with Gasteiger partial charge in [-0.15, -0.1) is 0 Å². The van der Waals surface area contributed by atoms with Crippen LogP contribution < -0.4 is 10.5 Å². The number of aliphatic hydroxyl groups excluding tert-OH is 1. The quantitative estimate of drug-likeness (QED) is 0.729. The summed E-state index contributed by atoms with van der Waals surface area (Å²) < 4.78 is 5.65. The van der Waals surface area contributed by atoms with Crippen LogP contribution in [0.1, 0.15) is 63.5 Å². The highest BCUT2D eigenvalue weighted by atomic mass is 16.5. The highest BCUT2D eigenvalue weighted by Crippen LogP contribution is 2.28. The van der Waals surface area contributed by atoms with Crippen LogP contribution in [0.4, 0.5) is 0 Å². The Morgan fingerprint density at radius 3 is 2.52 bits per heavy atom. The molecule has 0 aliphatic carbocycles. The summed E-state index contributed by atoms with van der Waals surface area (Å²) in [6.07, 6.45) is 3.16. The van der Waals surface area contributed by atoms with Gasteiger partial charge in [-0.1, -0.05) is 33.3 Å². The summed E-state index contributed by atoms with van der Waals surface area (Å²) in [5.74, 6) is 1.22. The van der Waals surface area contributed by atoms with E-state index >= 15 is 0 Å². The molecule has 3 atom stereocenters. The fourth-order valence-electron chi connectivity index (χ4n) is 2.70. The van der Waals surface area contributed by atoms with Crippen LogP contribution in [0.15, 0.2) is 18.2 Å². The van der Waals surface area contributed by atoms with Crippen LogP contribution >= 0.6 is 0 Å². The lowest BCUT2D eigenvalue weighted by Crippen LogP contribution is -2.35. The Kier molecular flexibility index (Phi) is 7.76. The van der Waals surface area contributed by atoms with Crippen molar-refractivity contribution in [2.24, 2.45) is 5.73 Å². The topological polar surface area (TPSA) is 55.5 Å². The molecule has 0 amide bonds. The highest BCUT2D eigenvalue weighted by Gasteiger charge is 2.19. The Labute approximate surface area is 129 Å². The summed E-state index contributed by atoms with van der Waals surface area (Å²) in [5, 5.41) is 10.2. The van der Waals surface area contributed by atoms with Crippen molar-refractivity contribution in [2.75, 3.05) is 6.61 Å². The van der Waals surface area contributed by atoms with E-state index in [0.29, 0.717) is 12.3 Å². The lowest BCUT2D eigenvalue weighted by molar-refractivity contribution is 0.124. The molecule has 1 aromatic rings. The molecule has 0 saturated carbocycles. The number of hydrogen-bond donors (Lipinski definition) is 2. The molecule has 0 radical (unpaired) electrons. The smallest absolute Gasteiger partial charge is 0.119 e. The van der Waals surface area contributed by atoms with Gasteiger partial charge in [0.05, 0.1) is 12.7 Å². The SMILES string of the molecule is CCCOc1ccc(C(C)CC(O)C(N)CCC)c(C)c1. The number of aryl methyl sites for hydroxylation is 1. The van der Waals surface area contributed by atoms with Crippen LogP contribution in [-0.2, 0) is 0 Å². The van der Waals surface area contributed by atoms with E-state index in [4.69, 9.17) is 10.5 Å². The molecule has 0 bridgehead atoms. The predicted molar refractivity (Wildman–Crippen MR) is 88.9 cm³/mol. The zero-order valence-electron chi connectivity index (χ0n) is 13.9. The first kappa shape index (κ1) is 18.0. The number of nitrogens with two attached hydrogens (primary N) is 1. The molecule has 0 aliphatic heterocycles. The van der Waals surface area contributed by atoms with Gasteiger partial charge in [0.15, 0.2) is 0 Å². The molecular weight excluding hydrogens is 262 g/mol. The second-order valence-corrected chi connectivity index (χ2v) is 6.02. The third kappa shape index (κ3) is 5.68. The van der Waals surface area contributed by atoms with E-state index in [1.54, 1.807) is 0 Å². The number of hydrogen-bond acceptors (Lipinski definition) is 3. The van der Waals surface area contributed by atoms with Gasteiger partial charge in [-0.05, 0) is 55.4 Å². The van der Waals surface area contributed by atoms with Crippen LogP contribution in [-0.4, -0.2) is 23.9 Å². The van der Waals surface area contributed by atoms with Crippen molar-refractivity contribution >= 4 is 0 Å². The Bertz CT molecular complexity index is 420. The van der Waals surface area contributed by atoms with Gasteiger partial charge in [0.1, 0.15) is 5.75 Å². The fraction of sp³-hybridized carbons (Fsp3) is 0.667. The maximum atomic E-state index is 10.2. The van der Waals surface area contributed by atoms with E-state index in [9.17, 15) is 5.11 Å². The Hall–Kier alpha value is -1.06. The third-order valence-electron chi connectivity index (χ3n) is 3.96. The fourth-order valence-corrected chi connectivity index (χ4v) is 2.70. The monoisotopic (exact) mass is 293 g/mol. The summed E-state index contributed by atoms with van der Waals surface area (Å²) >= 11 is 0. The molecule has 0 heterocycles. The van der Waals surface area contributed by atoms with E-state index in [-0.39, 0.29) is 6.04 Å². The summed E-state index contributed by atoms with van der Waals surface area (Å²) in [6.45, 7) is 9.19. The number of rotatable bonds is 9. The van der Waals surface area contributed by atoms with Crippen LogP contribution in [0, 0.1) is 6.92 Å². The van der Waals surface area contributed by atoms with Crippen molar-refractivity contribution in [2.45, 2.75) is 71.4 Å². The minimum atomic E-state index is -0.435. The predicted octanol–water partition coefficient (Wildman–Crippen LogP) is 3.77. The van der Waals surface area contributed by atoms with Crippen LogP contribution in [0.25, 0.3) is 0 Å². The minimum Gasteiger partial charge on any atom is -0.494 e. The average molecular weight is 293 g/mol. The van der Waals surface area contributed by atoms with Crippen LogP contribution in [0.2, 0.25) is 0 Å². The summed E-state index contributed by atoms with van der Waals surface area (Å²) in [6, 6.07) is 6.10. The summed E-state index contributed by atoms with van der Waals surface area (Å²) in [7, 11) is 0. The lowest BCUT2D eigenvalue weighted by atomic mass is 9.89. The van der Waals surface area contributed by atoms with Crippen molar-refractivity contribution in [3.8, 4) is 5.75 Å². The highest BCUT2D eigenvalue weighted by molar-refractivity contribution is 5.36. The minimum absolute atomic E-state index is 0.120. The zero-order valence-corrected chi connectivity index (χ0v) is 13.9. The maximum absolute atomic E-state index is 10.2. The molecule has 3 nitrogen and oxygen atoms in total. The summed E-state index contributed by atoms with van der Waals surface area (Å²) in [4.78, 5) is 0.